The Hall–Kier alpha value is -1.85. The van der Waals surface area contributed by atoms with Gasteiger partial charge < -0.3 is 10.6 Å². The molecule has 3 N–H and O–H groups in total. The first-order valence-electron chi connectivity index (χ1n) is 7.04. The maximum absolute atomic E-state index is 4.49. The van der Waals surface area contributed by atoms with Crippen molar-refractivity contribution >= 4 is 22.8 Å². The second-order valence-corrected chi connectivity index (χ2v) is 4.55. The van der Waals surface area contributed by atoms with Gasteiger partial charge in [0.15, 0.2) is 5.65 Å². The van der Waals surface area contributed by atoms with Crippen molar-refractivity contribution in [1.82, 2.24) is 20.2 Å². The Kier molecular flexibility index (Phi) is 4.94. The molecule has 0 saturated carbocycles. The van der Waals surface area contributed by atoms with Gasteiger partial charge in [0.2, 0.25) is 5.95 Å². The molecule has 6 nitrogen and oxygen atoms in total. The summed E-state index contributed by atoms with van der Waals surface area (Å²) in [4.78, 5) is 8.85. The number of aromatic amines is 1. The number of rotatable bonds is 8. The van der Waals surface area contributed by atoms with Crippen LogP contribution in [0.2, 0.25) is 0 Å². The quantitative estimate of drug-likeness (QED) is 0.638. The zero-order chi connectivity index (χ0) is 13.5. The summed E-state index contributed by atoms with van der Waals surface area (Å²) in [6.07, 6.45) is 6.72. The highest BCUT2D eigenvalue weighted by atomic mass is 15.2. The average Bonchev–Trinajstić information content (AvgIpc) is 2.87. The predicted octanol–water partition coefficient (Wildman–Crippen LogP) is 2.78. The Balaban J connectivity index is 2.04. The minimum Gasteiger partial charge on any atom is -0.369 e. The second-order valence-electron chi connectivity index (χ2n) is 4.55. The van der Waals surface area contributed by atoms with Crippen LogP contribution in [0.15, 0.2) is 6.20 Å². The summed E-state index contributed by atoms with van der Waals surface area (Å²) >= 11 is 0. The van der Waals surface area contributed by atoms with E-state index in [2.05, 4.69) is 37.7 Å². The van der Waals surface area contributed by atoms with E-state index >= 15 is 0 Å². The number of unbranched alkanes of at least 4 members (excludes halogenated alkanes) is 3. The first-order valence-corrected chi connectivity index (χ1v) is 7.04. The van der Waals surface area contributed by atoms with Gasteiger partial charge in [0.25, 0.3) is 0 Å². The molecule has 0 spiro atoms. The SMILES string of the molecule is CCCCCCNc1nc(NCC)nc2[nH]ncc12. The van der Waals surface area contributed by atoms with E-state index in [1.54, 1.807) is 6.20 Å². The minimum atomic E-state index is 0.635. The second kappa shape index (κ2) is 6.92. The Morgan fingerprint density at radius 1 is 1.11 bits per heavy atom. The molecule has 6 heteroatoms. The van der Waals surface area contributed by atoms with Crippen LogP contribution in [0.5, 0.6) is 0 Å². The number of nitrogens with one attached hydrogen (secondary N) is 3. The third-order valence-electron chi connectivity index (χ3n) is 2.97. The fraction of sp³-hybridized carbons (Fsp3) is 0.615. The maximum Gasteiger partial charge on any atom is 0.226 e. The van der Waals surface area contributed by atoms with Gasteiger partial charge in [0.1, 0.15) is 5.82 Å². The van der Waals surface area contributed by atoms with Gasteiger partial charge in [0.05, 0.1) is 11.6 Å². The van der Waals surface area contributed by atoms with Crippen molar-refractivity contribution in [3.05, 3.63) is 6.20 Å². The molecule has 104 valence electrons. The van der Waals surface area contributed by atoms with E-state index in [4.69, 9.17) is 0 Å². The third kappa shape index (κ3) is 3.56. The van der Waals surface area contributed by atoms with Gasteiger partial charge in [0, 0.05) is 13.1 Å². The number of hydrogen-bond donors (Lipinski definition) is 3. The molecule has 2 aromatic heterocycles. The highest BCUT2D eigenvalue weighted by molar-refractivity contribution is 5.86. The summed E-state index contributed by atoms with van der Waals surface area (Å²) in [5.74, 6) is 1.49. The molecule has 0 saturated heterocycles. The van der Waals surface area contributed by atoms with Crippen molar-refractivity contribution in [2.75, 3.05) is 23.7 Å². The molecule has 0 amide bonds. The Labute approximate surface area is 113 Å². The number of fused-ring (bicyclic) bond motifs is 1. The van der Waals surface area contributed by atoms with E-state index < -0.39 is 0 Å². The zero-order valence-electron chi connectivity index (χ0n) is 11.7. The van der Waals surface area contributed by atoms with E-state index in [-0.39, 0.29) is 0 Å². The molecule has 0 aliphatic heterocycles. The smallest absolute Gasteiger partial charge is 0.226 e. The van der Waals surface area contributed by atoms with Gasteiger partial charge in [-0.25, -0.2) is 0 Å². The molecule has 2 aromatic rings. The molecule has 0 bridgehead atoms. The normalized spacial score (nSPS) is 10.8. The van der Waals surface area contributed by atoms with Crippen LogP contribution in [0, 0.1) is 0 Å². The van der Waals surface area contributed by atoms with E-state index in [1.165, 1.54) is 19.3 Å². The summed E-state index contributed by atoms with van der Waals surface area (Å²) < 4.78 is 0. The lowest BCUT2D eigenvalue weighted by Crippen LogP contribution is -2.08. The van der Waals surface area contributed by atoms with E-state index in [0.717, 1.165) is 36.4 Å². The molecule has 0 aliphatic carbocycles. The van der Waals surface area contributed by atoms with Gasteiger partial charge >= 0.3 is 0 Å². The molecule has 0 aliphatic rings. The van der Waals surface area contributed by atoms with Crippen molar-refractivity contribution in [3.8, 4) is 0 Å². The van der Waals surface area contributed by atoms with Crippen molar-refractivity contribution in [3.63, 3.8) is 0 Å². The van der Waals surface area contributed by atoms with E-state index in [9.17, 15) is 0 Å². The van der Waals surface area contributed by atoms with Crippen LogP contribution in [0.3, 0.4) is 0 Å². The molecule has 19 heavy (non-hydrogen) atoms. The molecule has 2 rings (SSSR count). The van der Waals surface area contributed by atoms with Crippen molar-refractivity contribution in [2.45, 2.75) is 39.5 Å². The molecule has 0 radical (unpaired) electrons. The monoisotopic (exact) mass is 262 g/mol. The van der Waals surface area contributed by atoms with Gasteiger partial charge in [-0.1, -0.05) is 26.2 Å². The highest BCUT2D eigenvalue weighted by Gasteiger charge is 2.08. The minimum absolute atomic E-state index is 0.635. The largest absolute Gasteiger partial charge is 0.369 e. The lowest BCUT2D eigenvalue weighted by atomic mass is 10.2. The van der Waals surface area contributed by atoms with E-state index in [0.29, 0.717) is 5.95 Å². The van der Waals surface area contributed by atoms with Crippen LogP contribution in [-0.4, -0.2) is 33.3 Å². The fourth-order valence-electron chi connectivity index (χ4n) is 1.97. The maximum atomic E-state index is 4.49. The highest BCUT2D eigenvalue weighted by Crippen LogP contribution is 2.19. The first kappa shape index (κ1) is 13.6. The number of nitrogens with zero attached hydrogens (tertiary/aromatic N) is 3. The molecular formula is C13H22N6. The van der Waals surface area contributed by atoms with Crippen LogP contribution in [0.4, 0.5) is 11.8 Å². The van der Waals surface area contributed by atoms with Crippen LogP contribution in [0.25, 0.3) is 11.0 Å². The summed E-state index contributed by atoms with van der Waals surface area (Å²) in [6, 6.07) is 0. The Morgan fingerprint density at radius 2 is 2.00 bits per heavy atom. The Morgan fingerprint density at radius 3 is 2.79 bits per heavy atom. The van der Waals surface area contributed by atoms with Crippen molar-refractivity contribution in [1.29, 1.82) is 0 Å². The summed E-state index contributed by atoms with van der Waals surface area (Å²) in [5, 5.41) is 14.4. The summed E-state index contributed by atoms with van der Waals surface area (Å²) in [5.41, 5.74) is 0.766. The molecule has 0 unspecified atom stereocenters. The average molecular weight is 262 g/mol. The number of hydrogen-bond acceptors (Lipinski definition) is 5. The zero-order valence-corrected chi connectivity index (χ0v) is 11.7. The number of H-pyrrole nitrogens is 1. The Bertz CT molecular complexity index is 507. The molecule has 2 heterocycles. The first-order chi connectivity index (χ1) is 9.35. The fourth-order valence-corrected chi connectivity index (χ4v) is 1.97. The van der Waals surface area contributed by atoms with Crippen LogP contribution in [-0.2, 0) is 0 Å². The van der Waals surface area contributed by atoms with Gasteiger partial charge in [-0.05, 0) is 13.3 Å². The van der Waals surface area contributed by atoms with Gasteiger partial charge in [-0.2, -0.15) is 15.1 Å². The van der Waals surface area contributed by atoms with Gasteiger partial charge in [-0.3, -0.25) is 5.10 Å². The standard InChI is InChI=1S/C13H22N6/c1-3-5-6-7-8-15-11-10-9-16-19-12(10)18-13(17-11)14-4-2/h9H,3-8H2,1-2H3,(H3,14,15,16,17,18,19). The molecule has 0 aromatic carbocycles. The van der Waals surface area contributed by atoms with Crippen LogP contribution in [0.1, 0.15) is 39.5 Å². The lowest BCUT2D eigenvalue weighted by Gasteiger charge is -2.08. The van der Waals surface area contributed by atoms with Crippen LogP contribution < -0.4 is 10.6 Å². The third-order valence-corrected chi connectivity index (χ3v) is 2.97. The topological polar surface area (TPSA) is 78.5 Å². The summed E-state index contributed by atoms with van der Waals surface area (Å²) in [6.45, 7) is 5.98. The number of anilines is 2. The summed E-state index contributed by atoms with van der Waals surface area (Å²) in [7, 11) is 0. The molecule has 0 atom stereocenters. The molecule has 0 fully saturated rings. The van der Waals surface area contributed by atoms with Crippen molar-refractivity contribution in [2.24, 2.45) is 0 Å². The predicted molar refractivity (Wildman–Crippen MR) is 78.5 cm³/mol. The van der Waals surface area contributed by atoms with Crippen molar-refractivity contribution < 1.29 is 0 Å². The van der Waals surface area contributed by atoms with Gasteiger partial charge in [-0.15, -0.1) is 0 Å². The van der Waals surface area contributed by atoms with Crippen LogP contribution >= 0.6 is 0 Å². The number of aromatic nitrogens is 4. The molecular weight excluding hydrogens is 240 g/mol. The van der Waals surface area contributed by atoms with E-state index in [1.807, 2.05) is 6.92 Å². The lowest BCUT2D eigenvalue weighted by molar-refractivity contribution is 0.684.